The molecule has 0 fully saturated rings. The van der Waals surface area contributed by atoms with Crippen molar-refractivity contribution in [1.82, 2.24) is 0 Å². The van der Waals surface area contributed by atoms with Crippen molar-refractivity contribution >= 4 is 38.9 Å². The maximum Gasteiger partial charge on any atom is 0.248 e. The van der Waals surface area contributed by atoms with Crippen molar-refractivity contribution < 1.29 is 22.7 Å². The number of hydrogen-bond donors (Lipinski definition) is 1. The standard InChI is InChI=1S/C19H23ClN2O5S/c1-5-17(19(23)21-13-7-6-8-15(11-13)26-2)22(28(4,24)25)14-9-10-18(27-3)16(20)12-14/h6-12,17H,5H2,1-4H3,(H,21,23). The number of methoxy groups -OCH3 is 2. The van der Waals surface area contributed by atoms with E-state index >= 15 is 0 Å². The van der Waals surface area contributed by atoms with Gasteiger partial charge in [-0.15, -0.1) is 0 Å². The van der Waals surface area contributed by atoms with Gasteiger partial charge < -0.3 is 14.8 Å². The fourth-order valence-corrected chi connectivity index (χ4v) is 4.23. The van der Waals surface area contributed by atoms with E-state index in [4.69, 9.17) is 21.1 Å². The first-order valence-electron chi connectivity index (χ1n) is 8.49. The zero-order chi connectivity index (χ0) is 20.9. The first kappa shape index (κ1) is 21.8. The van der Waals surface area contributed by atoms with Gasteiger partial charge >= 0.3 is 0 Å². The van der Waals surface area contributed by atoms with Gasteiger partial charge in [-0.3, -0.25) is 9.10 Å². The molecule has 2 rings (SSSR count). The lowest BCUT2D eigenvalue weighted by molar-refractivity contribution is -0.117. The predicted molar refractivity (Wildman–Crippen MR) is 111 cm³/mol. The van der Waals surface area contributed by atoms with Gasteiger partial charge in [0.1, 0.15) is 17.5 Å². The molecule has 2 aromatic carbocycles. The molecule has 0 aliphatic rings. The molecule has 28 heavy (non-hydrogen) atoms. The lowest BCUT2D eigenvalue weighted by Crippen LogP contribution is -2.47. The molecular formula is C19H23ClN2O5S. The van der Waals surface area contributed by atoms with Gasteiger partial charge in [-0.25, -0.2) is 8.42 Å². The summed E-state index contributed by atoms with van der Waals surface area (Å²) >= 11 is 6.15. The molecule has 0 bridgehead atoms. The molecule has 0 spiro atoms. The Bertz CT molecular complexity index is 949. The molecule has 0 aromatic heterocycles. The van der Waals surface area contributed by atoms with E-state index < -0.39 is 22.0 Å². The van der Waals surface area contributed by atoms with Crippen LogP contribution in [0.5, 0.6) is 11.5 Å². The highest BCUT2D eigenvalue weighted by molar-refractivity contribution is 7.92. The number of anilines is 2. The minimum Gasteiger partial charge on any atom is -0.497 e. The van der Waals surface area contributed by atoms with E-state index in [1.54, 1.807) is 43.3 Å². The Labute approximate surface area is 170 Å². The Hall–Kier alpha value is -2.45. The van der Waals surface area contributed by atoms with Crippen LogP contribution in [0.1, 0.15) is 13.3 Å². The van der Waals surface area contributed by atoms with Crippen molar-refractivity contribution in [3.05, 3.63) is 47.5 Å². The Kier molecular flexibility index (Phi) is 7.15. The number of sulfonamides is 1. The molecule has 7 nitrogen and oxygen atoms in total. The number of nitrogens with one attached hydrogen (secondary N) is 1. The highest BCUT2D eigenvalue weighted by atomic mass is 35.5. The molecular weight excluding hydrogens is 404 g/mol. The maximum absolute atomic E-state index is 12.9. The van der Waals surface area contributed by atoms with Crippen LogP contribution in [0.15, 0.2) is 42.5 Å². The van der Waals surface area contributed by atoms with E-state index in [0.717, 1.165) is 10.6 Å². The third-order valence-electron chi connectivity index (χ3n) is 4.06. The molecule has 1 N–H and O–H groups in total. The van der Waals surface area contributed by atoms with Crippen LogP contribution in [0, 0.1) is 0 Å². The van der Waals surface area contributed by atoms with Gasteiger partial charge in [0.2, 0.25) is 15.9 Å². The van der Waals surface area contributed by atoms with Crippen LogP contribution in [-0.2, 0) is 14.8 Å². The Morgan fingerprint density at radius 3 is 2.43 bits per heavy atom. The van der Waals surface area contributed by atoms with Gasteiger partial charge in [0.25, 0.3) is 0 Å². The van der Waals surface area contributed by atoms with Crippen LogP contribution in [0.25, 0.3) is 0 Å². The molecule has 0 radical (unpaired) electrons. The summed E-state index contributed by atoms with van der Waals surface area (Å²) in [5, 5.41) is 2.99. The summed E-state index contributed by atoms with van der Waals surface area (Å²) in [6, 6.07) is 10.4. The lowest BCUT2D eigenvalue weighted by Gasteiger charge is -2.30. The summed E-state index contributed by atoms with van der Waals surface area (Å²) in [5.74, 6) is 0.522. The van der Waals surface area contributed by atoms with Crippen molar-refractivity contribution in [2.45, 2.75) is 19.4 Å². The average molecular weight is 427 g/mol. The van der Waals surface area contributed by atoms with E-state index in [0.29, 0.717) is 17.2 Å². The van der Waals surface area contributed by atoms with Crippen LogP contribution in [-0.4, -0.2) is 40.8 Å². The van der Waals surface area contributed by atoms with Gasteiger partial charge in [0.05, 0.1) is 31.2 Å². The molecule has 0 heterocycles. The van der Waals surface area contributed by atoms with E-state index in [9.17, 15) is 13.2 Å². The summed E-state index contributed by atoms with van der Waals surface area (Å²) in [7, 11) is -0.781. The predicted octanol–water partition coefficient (Wildman–Crippen LogP) is 3.54. The number of ether oxygens (including phenoxy) is 2. The monoisotopic (exact) mass is 426 g/mol. The molecule has 1 amide bonds. The summed E-state index contributed by atoms with van der Waals surface area (Å²) in [5.41, 5.74) is 0.782. The van der Waals surface area contributed by atoms with Crippen molar-refractivity contribution in [3.8, 4) is 11.5 Å². The number of carbonyl (C=O) groups excluding carboxylic acids is 1. The second-order valence-corrected chi connectivity index (χ2v) is 8.29. The third kappa shape index (κ3) is 5.08. The van der Waals surface area contributed by atoms with Gasteiger partial charge in [-0.05, 0) is 36.8 Å². The van der Waals surface area contributed by atoms with Crippen LogP contribution >= 0.6 is 11.6 Å². The number of hydrogen-bond acceptors (Lipinski definition) is 5. The number of halogens is 1. The second kappa shape index (κ2) is 9.16. The Morgan fingerprint density at radius 2 is 1.89 bits per heavy atom. The molecule has 2 aromatic rings. The molecule has 152 valence electrons. The van der Waals surface area contributed by atoms with Crippen LogP contribution < -0.4 is 19.1 Å². The second-order valence-electron chi connectivity index (χ2n) is 6.02. The third-order valence-corrected chi connectivity index (χ3v) is 5.53. The molecule has 0 saturated heterocycles. The van der Waals surface area contributed by atoms with E-state index in [1.807, 2.05) is 0 Å². The Morgan fingerprint density at radius 1 is 1.18 bits per heavy atom. The number of carbonyl (C=O) groups is 1. The molecule has 1 atom stereocenters. The molecule has 9 heteroatoms. The van der Waals surface area contributed by atoms with Gasteiger partial charge in [0, 0.05) is 11.8 Å². The SMILES string of the molecule is CCC(C(=O)Nc1cccc(OC)c1)N(c1ccc(OC)c(Cl)c1)S(C)(=O)=O. The number of nitrogens with zero attached hydrogens (tertiary/aromatic N) is 1. The quantitative estimate of drug-likeness (QED) is 0.697. The zero-order valence-corrected chi connectivity index (χ0v) is 17.7. The first-order chi connectivity index (χ1) is 13.2. The zero-order valence-electron chi connectivity index (χ0n) is 16.1. The summed E-state index contributed by atoms with van der Waals surface area (Å²) in [4.78, 5) is 12.9. The maximum atomic E-state index is 12.9. The molecule has 0 saturated carbocycles. The average Bonchev–Trinajstić information content (AvgIpc) is 2.64. The smallest absolute Gasteiger partial charge is 0.248 e. The fraction of sp³-hybridized carbons (Fsp3) is 0.316. The largest absolute Gasteiger partial charge is 0.497 e. The van der Waals surface area contributed by atoms with E-state index in [1.165, 1.54) is 20.3 Å². The molecule has 0 aliphatic carbocycles. The number of rotatable bonds is 8. The van der Waals surface area contributed by atoms with Crippen molar-refractivity contribution in [1.29, 1.82) is 0 Å². The highest BCUT2D eigenvalue weighted by Gasteiger charge is 2.32. The first-order valence-corrected chi connectivity index (χ1v) is 10.7. The molecule has 1 unspecified atom stereocenters. The normalized spacial score (nSPS) is 12.2. The minimum absolute atomic E-state index is 0.247. The van der Waals surface area contributed by atoms with E-state index in [-0.39, 0.29) is 17.1 Å². The number of benzene rings is 2. The van der Waals surface area contributed by atoms with Crippen molar-refractivity contribution in [2.75, 3.05) is 30.1 Å². The van der Waals surface area contributed by atoms with E-state index in [2.05, 4.69) is 5.32 Å². The lowest BCUT2D eigenvalue weighted by atomic mass is 10.1. The van der Waals surface area contributed by atoms with Crippen LogP contribution in [0.4, 0.5) is 11.4 Å². The van der Waals surface area contributed by atoms with Crippen molar-refractivity contribution in [3.63, 3.8) is 0 Å². The highest BCUT2D eigenvalue weighted by Crippen LogP contribution is 2.32. The van der Waals surface area contributed by atoms with Crippen LogP contribution in [0.2, 0.25) is 5.02 Å². The topological polar surface area (TPSA) is 84.9 Å². The summed E-state index contributed by atoms with van der Waals surface area (Å²) < 4.78 is 36.3. The summed E-state index contributed by atoms with van der Waals surface area (Å²) in [6.07, 6.45) is 1.30. The number of amides is 1. The van der Waals surface area contributed by atoms with Gasteiger partial charge in [-0.2, -0.15) is 0 Å². The minimum atomic E-state index is -3.77. The van der Waals surface area contributed by atoms with Crippen LogP contribution in [0.3, 0.4) is 0 Å². The Balaban J connectivity index is 2.40. The molecule has 0 aliphatic heterocycles. The van der Waals surface area contributed by atoms with Gasteiger partial charge in [0.15, 0.2) is 0 Å². The summed E-state index contributed by atoms with van der Waals surface area (Å²) in [6.45, 7) is 1.74. The fourth-order valence-electron chi connectivity index (χ4n) is 2.78. The van der Waals surface area contributed by atoms with Crippen molar-refractivity contribution in [2.24, 2.45) is 0 Å². The van der Waals surface area contributed by atoms with Gasteiger partial charge in [-0.1, -0.05) is 24.6 Å².